The number of rotatable bonds is 4. The highest BCUT2D eigenvalue weighted by Gasteiger charge is 2.31. The van der Waals surface area contributed by atoms with E-state index in [2.05, 4.69) is 5.92 Å². The summed E-state index contributed by atoms with van der Waals surface area (Å²) in [5, 5.41) is 0. The van der Waals surface area contributed by atoms with Crippen LogP contribution in [0.1, 0.15) is 32.1 Å². The molecule has 1 heterocycles. The topological polar surface area (TPSA) is 29.5 Å². The molecular weight excluding hydrogens is 202 g/mol. The number of carbonyl (C=O) groups is 1. The Morgan fingerprint density at radius 3 is 2.75 bits per heavy atom. The van der Waals surface area contributed by atoms with Crippen molar-refractivity contribution in [3.05, 3.63) is 0 Å². The maximum absolute atomic E-state index is 12.2. The highest BCUT2D eigenvalue weighted by molar-refractivity contribution is 5.81. The number of nitrogens with zero attached hydrogens (tertiary/aromatic N) is 1. The van der Waals surface area contributed by atoms with Crippen LogP contribution in [0.3, 0.4) is 0 Å². The minimum atomic E-state index is -0.235. The lowest BCUT2D eigenvalue weighted by Crippen LogP contribution is -2.43. The fraction of sp³-hybridized carbons (Fsp3) is 0.769. The van der Waals surface area contributed by atoms with Crippen LogP contribution in [0.25, 0.3) is 0 Å². The normalized spacial score (nSPS) is 24.8. The van der Waals surface area contributed by atoms with E-state index in [1.807, 2.05) is 0 Å². The molecule has 16 heavy (non-hydrogen) atoms. The van der Waals surface area contributed by atoms with E-state index in [1.165, 1.54) is 12.8 Å². The lowest BCUT2D eigenvalue weighted by molar-refractivity contribution is -0.146. The summed E-state index contributed by atoms with van der Waals surface area (Å²) in [5.41, 5.74) is 0. The first kappa shape index (κ1) is 11.5. The molecule has 0 aromatic rings. The molecule has 3 nitrogen and oxygen atoms in total. The Balaban J connectivity index is 1.89. The summed E-state index contributed by atoms with van der Waals surface area (Å²) in [6.45, 7) is 1.96. The Labute approximate surface area is 97.1 Å². The lowest BCUT2D eigenvalue weighted by atomic mass is 10.1. The van der Waals surface area contributed by atoms with Gasteiger partial charge in [0.25, 0.3) is 5.91 Å². The van der Waals surface area contributed by atoms with Crippen LogP contribution in [-0.2, 0) is 9.53 Å². The molecule has 1 aliphatic carbocycles. The van der Waals surface area contributed by atoms with E-state index >= 15 is 0 Å². The van der Waals surface area contributed by atoms with Crippen molar-refractivity contribution < 1.29 is 9.53 Å². The second kappa shape index (κ2) is 5.36. The van der Waals surface area contributed by atoms with Crippen molar-refractivity contribution in [3.8, 4) is 12.3 Å². The molecule has 0 radical (unpaired) electrons. The highest BCUT2D eigenvalue weighted by Crippen LogP contribution is 2.30. The molecule has 1 amide bonds. The Kier molecular flexibility index (Phi) is 3.84. The first-order valence-corrected chi connectivity index (χ1v) is 6.15. The zero-order valence-corrected chi connectivity index (χ0v) is 9.65. The van der Waals surface area contributed by atoms with Crippen LogP contribution in [-0.4, -0.2) is 36.6 Å². The van der Waals surface area contributed by atoms with Gasteiger partial charge in [-0.25, -0.2) is 0 Å². The number of amides is 1. The predicted molar refractivity (Wildman–Crippen MR) is 61.7 cm³/mol. The number of hydrogen-bond donors (Lipinski definition) is 0. The third-order valence-electron chi connectivity index (χ3n) is 3.22. The van der Waals surface area contributed by atoms with Crippen molar-refractivity contribution in [3.63, 3.8) is 0 Å². The summed E-state index contributed by atoms with van der Waals surface area (Å²) >= 11 is 0. The third-order valence-corrected chi connectivity index (χ3v) is 3.22. The van der Waals surface area contributed by atoms with E-state index in [9.17, 15) is 4.79 Å². The standard InChI is InChI=1S/C13H19NO2/c1-2-8-14(10-11-6-7-11)13(15)12-5-3-4-9-16-12/h1,11-12H,3-10H2. The molecule has 1 atom stereocenters. The van der Waals surface area contributed by atoms with Crippen molar-refractivity contribution in [1.29, 1.82) is 0 Å². The second-order valence-corrected chi connectivity index (χ2v) is 4.72. The molecule has 0 spiro atoms. The maximum Gasteiger partial charge on any atom is 0.252 e. The van der Waals surface area contributed by atoms with Crippen LogP contribution < -0.4 is 0 Å². The van der Waals surface area contributed by atoms with E-state index in [1.54, 1.807) is 4.90 Å². The first-order valence-electron chi connectivity index (χ1n) is 6.15. The number of ether oxygens (including phenoxy) is 1. The van der Waals surface area contributed by atoms with Gasteiger partial charge in [0.05, 0.1) is 6.54 Å². The van der Waals surface area contributed by atoms with E-state index in [4.69, 9.17) is 11.2 Å². The average Bonchev–Trinajstić information content (AvgIpc) is 3.13. The Morgan fingerprint density at radius 2 is 2.19 bits per heavy atom. The van der Waals surface area contributed by atoms with Gasteiger partial charge in [-0.1, -0.05) is 5.92 Å². The predicted octanol–water partition coefficient (Wildman–Crippen LogP) is 1.43. The fourth-order valence-corrected chi connectivity index (χ4v) is 2.09. The molecule has 1 aliphatic heterocycles. The largest absolute Gasteiger partial charge is 0.368 e. The fourth-order valence-electron chi connectivity index (χ4n) is 2.09. The smallest absolute Gasteiger partial charge is 0.252 e. The van der Waals surface area contributed by atoms with E-state index < -0.39 is 0 Å². The molecular formula is C13H19NO2. The van der Waals surface area contributed by atoms with Gasteiger partial charge in [-0.2, -0.15) is 0 Å². The molecule has 0 aromatic heterocycles. The maximum atomic E-state index is 12.2. The molecule has 1 unspecified atom stereocenters. The molecule has 0 bridgehead atoms. The molecule has 0 N–H and O–H groups in total. The van der Waals surface area contributed by atoms with Crippen LogP contribution >= 0.6 is 0 Å². The second-order valence-electron chi connectivity index (χ2n) is 4.72. The SMILES string of the molecule is C#CCN(CC1CC1)C(=O)C1CCCCO1. The van der Waals surface area contributed by atoms with E-state index in [-0.39, 0.29) is 12.0 Å². The van der Waals surface area contributed by atoms with Crippen molar-refractivity contribution in [2.75, 3.05) is 19.7 Å². The van der Waals surface area contributed by atoms with E-state index in [0.717, 1.165) is 25.8 Å². The van der Waals surface area contributed by atoms with Gasteiger partial charge in [0.1, 0.15) is 6.10 Å². The molecule has 3 heteroatoms. The van der Waals surface area contributed by atoms with Gasteiger partial charge in [-0.05, 0) is 38.0 Å². The summed E-state index contributed by atoms with van der Waals surface area (Å²) in [6, 6.07) is 0. The van der Waals surface area contributed by atoms with Crippen LogP contribution in [0.4, 0.5) is 0 Å². The van der Waals surface area contributed by atoms with Gasteiger partial charge in [0, 0.05) is 13.2 Å². The summed E-state index contributed by atoms with van der Waals surface area (Å²) in [6.07, 6.45) is 10.6. The highest BCUT2D eigenvalue weighted by atomic mass is 16.5. The molecule has 1 saturated heterocycles. The Bertz CT molecular complexity index is 285. The minimum absolute atomic E-state index is 0.101. The van der Waals surface area contributed by atoms with Gasteiger partial charge in [-0.3, -0.25) is 4.79 Å². The zero-order valence-electron chi connectivity index (χ0n) is 9.65. The van der Waals surface area contributed by atoms with E-state index in [0.29, 0.717) is 19.1 Å². The van der Waals surface area contributed by atoms with Crippen LogP contribution in [0.15, 0.2) is 0 Å². The monoisotopic (exact) mass is 221 g/mol. The number of hydrogen-bond acceptors (Lipinski definition) is 2. The van der Waals surface area contributed by atoms with Crippen molar-refractivity contribution in [2.45, 2.75) is 38.2 Å². The molecule has 1 saturated carbocycles. The quantitative estimate of drug-likeness (QED) is 0.672. The summed E-state index contributed by atoms with van der Waals surface area (Å²) < 4.78 is 5.51. The summed E-state index contributed by atoms with van der Waals surface area (Å²) in [5.74, 6) is 3.35. The third kappa shape index (κ3) is 2.99. The summed E-state index contributed by atoms with van der Waals surface area (Å²) in [4.78, 5) is 14.0. The van der Waals surface area contributed by atoms with Gasteiger partial charge in [0.15, 0.2) is 0 Å². The minimum Gasteiger partial charge on any atom is -0.368 e. The van der Waals surface area contributed by atoms with Crippen molar-refractivity contribution >= 4 is 5.91 Å². The Hall–Kier alpha value is -1.01. The lowest BCUT2D eigenvalue weighted by Gasteiger charge is -2.28. The average molecular weight is 221 g/mol. The van der Waals surface area contributed by atoms with Gasteiger partial charge in [-0.15, -0.1) is 6.42 Å². The molecule has 2 aliphatic rings. The molecule has 88 valence electrons. The zero-order chi connectivity index (χ0) is 11.4. The number of carbonyl (C=O) groups excluding carboxylic acids is 1. The van der Waals surface area contributed by atoms with Crippen molar-refractivity contribution in [2.24, 2.45) is 5.92 Å². The van der Waals surface area contributed by atoms with Crippen molar-refractivity contribution in [1.82, 2.24) is 4.90 Å². The Morgan fingerprint density at radius 1 is 1.38 bits per heavy atom. The molecule has 2 fully saturated rings. The molecule has 2 rings (SSSR count). The van der Waals surface area contributed by atoms with Gasteiger partial charge < -0.3 is 9.64 Å². The van der Waals surface area contributed by atoms with Gasteiger partial charge >= 0.3 is 0 Å². The van der Waals surface area contributed by atoms with Crippen LogP contribution in [0.5, 0.6) is 0 Å². The summed E-state index contributed by atoms with van der Waals surface area (Å²) in [7, 11) is 0. The first-order chi connectivity index (χ1) is 7.81. The van der Waals surface area contributed by atoms with Crippen LogP contribution in [0.2, 0.25) is 0 Å². The molecule has 0 aromatic carbocycles. The number of terminal acetylenes is 1. The van der Waals surface area contributed by atoms with Crippen LogP contribution in [0, 0.1) is 18.3 Å². The van der Waals surface area contributed by atoms with Gasteiger partial charge in [0.2, 0.25) is 0 Å².